The van der Waals surface area contributed by atoms with Crippen LogP contribution in [0, 0.1) is 19.7 Å². The molecule has 0 aliphatic carbocycles. The summed E-state index contributed by atoms with van der Waals surface area (Å²) < 4.78 is 18.9. The Labute approximate surface area is 144 Å². The van der Waals surface area contributed by atoms with Gasteiger partial charge in [0.25, 0.3) is 5.56 Å². The number of benzene rings is 1. The van der Waals surface area contributed by atoms with Gasteiger partial charge in [-0.1, -0.05) is 6.07 Å². The summed E-state index contributed by atoms with van der Waals surface area (Å²) in [5.74, 6) is 0.150. The van der Waals surface area contributed by atoms with Crippen molar-refractivity contribution >= 4 is 5.91 Å². The van der Waals surface area contributed by atoms with Gasteiger partial charge in [0.1, 0.15) is 17.7 Å². The van der Waals surface area contributed by atoms with Gasteiger partial charge in [0, 0.05) is 12.6 Å². The third-order valence-corrected chi connectivity index (χ3v) is 4.28. The average Bonchev–Trinajstić information content (AvgIpc) is 2.56. The van der Waals surface area contributed by atoms with E-state index in [0.717, 1.165) is 11.1 Å². The van der Waals surface area contributed by atoms with E-state index in [2.05, 4.69) is 9.97 Å². The molecule has 7 heteroatoms. The van der Waals surface area contributed by atoms with E-state index in [9.17, 15) is 14.0 Å². The molecule has 0 bridgehead atoms. The average molecular weight is 345 g/mol. The van der Waals surface area contributed by atoms with E-state index in [1.807, 2.05) is 0 Å². The van der Waals surface area contributed by atoms with Crippen LogP contribution in [-0.2, 0) is 16.0 Å². The van der Waals surface area contributed by atoms with Crippen molar-refractivity contribution in [2.45, 2.75) is 26.4 Å². The molecule has 1 fully saturated rings. The number of carbonyl (C=O) groups is 1. The fourth-order valence-corrected chi connectivity index (χ4v) is 2.95. The second kappa shape index (κ2) is 7.14. The minimum absolute atomic E-state index is 0.0513. The van der Waals surface area contributed by atoms with Crippen LogP contribution < -0.4 is 5.56 Å². The first-order valence-corrected chi connectivity index (χ1v) is 8.14. The van der Waals surface area contributed by atoms with Crippen molar-refractivity contribution in [1.82, 2.24) is 14.9 Å². The highest BCUT2D eigenvalue weighted by Gasteiger charge is 2.27. The van der Waals surface area contributed by atoms with Crippen molar-refractivity contribution in [2.24, 2.45) is 0 Å². The summed E-state index contributed by atoms with van der Waals surface area (Å²) in [5.41, 5.74) is 1.85. The summed E-state index contributed by atoms with van der Waals surface area (Å²) in [6.45, 7) is 4.70. The summed E-state index contributed by atoms with van der Waals surface area (Å²) in [5, 5.41) is 0. The Morgan fingerprint density at radius 3 is 2.92 bits per heavy atom. The zero-order valence-corrected chi connectivity index (χ0v) is 14.2. The van der Waals surface area contributed by atoms with Crippen LogP contribution in [0.1, 0.15) is 28.7 Å². The van der Waals surface area contributed by atoms with E-state index in [0.29, 0.717) is 31.2 Å². The molecule has 2 heterocycles. The van der Waals surface area contributed by atoms with Crippen LogP contribution in [0.25, 0.3) is 0 Å². The monoisotopic (exact) mass is 345 g/mol. The quantitative estimate of drug-likeness (QED) is 0.918. The number of halogens is 1. The fraction of sp³-hybridized carbons (Fsp3) is 0.389. The SMILES string of the molecule is Cc1nc(C2CN(C(=O)Cc3ccc(F)cc3C)CCO2)cc(=O)[nH]1. The molecule has 2 aromatic rings. The molecule has 132 valence electrons. The van der Waals surface area contributed by atoms with Crippen LogP contribution in [0.4, 0.5) is 4.39 Å². The number of hydrogen-bond donors (Lipinski definition) is 1. The maximum atomic E-state index is 13.2. The van der Waals surface area contributed by atoms with E-state index < -0.39 is 6.10 Å². The van der Waals surface area contributed by atoms with Crippen molar-refractivity contribution < 1.29 is 13.9 Å². The molecular weight excluding hydrogens is 325 g/mol. The topological polar surface area (TPSA) is 75.3 Å². The van der Waals surface area contributed by atoms with Crippen molar-refractivity contribution in [3.63, 3.8) is 0 Å². The van der Waals surface area contributed by atoms with Crippen molar-refractivity contribution in [2.75, 3.05) is 19.7 Å². The number of aryl methyl sites for hydroxylation is 2. The lowest BCUT2D eigenvalue weighted by Gasteiger charge is -2.33. The van der Waals surface area contributed by atoms with Crippen molar-refractivity contribution in [1.29, 1.82) is 0 Å². The minimum Gasteiger partial charge on any atom is -0.368 e. The number of carbonyl (C=O) groups excluding carboxylic acids is 1. The molecule has 1 unspecified atom stereocenters. The van der Waals surface area contributed by atoms with E-state index in [-0.39, 0.29) is 23.7 Å². The summed E-state index contributed by atoms with van der Waals surface area (Å²) in [7, 11) is 0. The van der Waals surface area contributed by atoms with Crippen LogP contribution in [0.5, 0.6) is 0 Å². The second-order valence-corrected chi connectivity index (χ2v) is 6.20. The van der Waals surface area contributed by atoms with Gasteiger partial charge in [0.15, 0.2) is 0 Å². The summed E-state index contributed by atoms with van der Waals surface area (Å²) >= 11 is 0. The van der Waals surface area contributed by atoms with Gasteiger partial charge in [-0.15, -0.1) is 0 Å². The first-order valence-electron chi connectivity index (χ1n) is 8.14. The highest BCUT2D eigenvalue weighted by atomic mass is 19.1. The van der Waals surface area contributed by atoms with Gasteiger partial charge in [-0.2, -0.15) is 0 Å². The number of rotatable bonds is 3. The Hall–Kier alpha value is -2.54. The van der Waals surface area contributed by atoms with Gasteiger partial charge in [-0.25, -0.2) is 9.37 Å². The molecule has 1 saturated heterocycles. The molecule has 1 N–H and O–H groups in total. The molecule has 1 amide bonds. The number of ether oxygens (including phenoxy) is 1. The smallest absolute Gasteiger partial charge is 0.251 e. The zero-order valence-electron chi connectivity index (χ0n) is 14.2. The number of nitrogens with zero attached hydrogens (tertiary/aromatic N) is 2. The highest BCUT2D eigenvalue weighted by molar-refractivity contribution is 5.79. The Balaban J connectivity index is 1.72. The lowest BCUT2D eigenvalue weighted by Crippen LogP contribution is -2.43. The standard InChI is InChI=1S/C18H20FN3O3/c1-11-7-14(19)4-3-13(11)8-18(24)22-5-6-25-16(10-22)15-9-17(23)21-12(2)20-15/h3-4,7,9,16H,5-6,8,10H2,1-2H3,(H,20,21,23). The molecule has 3 rings (SSSR count). The largest absolute Gasteiger partial charge is 0.368 e. The van der Waals surface area contributed by atoms with Crippen LogP contribution in [0.2, 0.25) is 0 Å². The van der Waals surface area contributed by atoms with Gasteiger partial charge < -0.3 is 14.6 Å². The predicted molar refractivity (Wildman–Crippen MR) is 89.7 cm³/mol. The Morgan fingerprint density at radius 2 is 2.20 bits per heavy atom. The van der Waals surface area contributed by atoms with Crippen LogP contribution in [0.3, 0.4) is 0 Å². The first kappa shape index (κ1) is 17.3. The molecule has 0 saturated carbocycles. The molecule has 6 nitrogen and oxygen atoms in total. The number of aromatic amines is 1. The lowest BCUT2D eigenvalue weighted by molar-refractivity contribution is -0.138. The molecule has 1 aliphatic heterocycles. The Bertz CT molecular complexity index is 850. The normalized spacial score (nSPS) is 17.6. The molecule has 1 aliphatic rings. The number of H-pyrrole nitrogens is 1. The lowest BCUT2D eigenvalue weighted by atomic mass is 10.0. The van der Waals surface area contributed by atoms with Gasteiger partial charge in [-0.05, 0) is 37.1 Å². The van der Waals surface area contributed by atoms with E-state index in [4.69, 9.17) is 4.74 Å². The van der Waals surface area contributed by atoms with Gasteiger partial charge in [0.05, 0.1) is 25.3 Å². The molecule has 25 heavy (non-hydrogen) atoms. The van der Waals surface area contributed by atoms with Crippen molar-refractivity contribution in [3.8, 4) is 0 Å². The Kier molecular flexibility index (Phi) is 4.94. The third-order valence-electron chi connectivity index (χ3n) is 4.28. The first-order chi connectivity index (χ1) is 11.9. The van der Waals surface area contributed by atoms with Gasteiger partial charge in [0.2, 0.25) is 5.91 Å². The molecule has 0 radical (unpaired) electrons. The number of nitrogens with one attached hydrogen (secondary N) is 1. The number of aromatic nitrogens is 2. The number of hydrogen-bond acceptors (Lipinski definition) is 4. The minimum atomic E-state index is -0.423. The van der Waals surface area contributed by atoms with Gasteiger partial charge >= 0.3 is 0 Å². The molecule has 1 atom stereocenters. The maximum absolute atomic E-state index is 13.2. The van der Waals surface area contributed by atoms with E-state index in [1.165, 1.54) is 18.2 Å². The highest BCUT2D eigenvalue weighted by Crippen LogP contribution is 2.21. The van der Waals surface area contributed by atoms with Crippen LogP contribution in [0.15, 0.2) is 29.1 Å². The summed E-state index contributed by atoms with van der Waals surface area (Å²) in [6, 6.07) is 5.83. The predicted octanol–water partition coefficient (Wildman–Crippen LogP) is 1.67. The number of morpholine rings is 1. The molecular formula is C18H20FN3O3. The molecule has 1 aromatic heterocycles. The van der Waals surface area contributed by atoms with Gasteiger partial charge in [-0.3, -0.25) is 9.59 Å². The zero-order chi connectivity index (χ0) is 18.0. The van der Waals surface area contributed by atoms with Crippen molar-refractivity contribution in [3.05, 3.63) is 63.1 Å². The summed E-state index contributed by atoms with van der Waals surface area (Å²) in [6.07, 6.45) is -0.214. The number of amides is 1. The fourth-order valence-electron chi connectivity index (χ4n) is 2.95. The van der Waals surface area contributed by atoms with E-state index >= 15 is 0 Å². The van der Waals surface area contributed by atoms with E-state index in [1.54, 1.807) is 24.8 Å². The van der Waals surface area contributed by atoms with Crippen LogP contribution in [-0.4, -0.2) is 40.5 Å². The molecule has 0 spiro atoms. The third kappa shape index (κ3) is 4.11. The maximum Gasteiger partial charge on any atom is 0.251 e. The summed E-state index contributed by atoms with van der Waals surface area (Å²) in [4.78, 5) is 32.8. The van der Waals surface area contributed by atoms with Crippen LogP contribution >= 0.6 is 0 Å². The molecule has 1 aromatic carbocycles. The second-order valence-electron chi connectivity index (χ2n) is 6.20. The Morgan fingerprint density at radius 1 is 1.40 bits per heavy atom.